The number of aryl methyl sites for hydroxylation is 1. The first-order chi connectivity index (χ1) is 14.5. The summed E-state index contributed by atoms with van der Waals surface area (Å²) in [5.74, 6) is 0.366. The monoisotopic (exact) mass is 399 g/mol. The number of ether oxygens (including phenoxy) is 2. The van der Waals surface area contributed by atoms with E-state index in [2.05, 4.69) is 4.98 Å². The number of fused-ring (bicyclic) bond motifs is 1. The maximum atomic E-state index is 13.0. The van der Waals surface area contributed by atoms with Crippen molar-refractivity contribution in [2.45, 2.75) is 20.0 Å². The molecule has 1 heterocycles. The minimum absolute atomic E-state index is 0.241. The Morgan fingerprint density at radius 1 is 0.867 bits per heavy atom. The van der Waals surface area contributed by atoms with Gasteiger partial charge in [0.2, 0.25) is 5.78 Å². The van der Waals surface area contributed by atoms with Gasteiger partial charge in [-0.05, 0) is 50.2 Å². The fourth-order valence-electron chi connectivity index (χ4n) is 3.39. The number of aromatic amines is 1. The second-order valence-electron chi connectivity index (χ2n) is 7.03. The molecule has 0 fully saturated rings. The number of H-pyrrole nitrogens is 1. The zero-order chi connectivity index (χ0) is 21.1. The third-order valence-electron chi connectivity index (χ3n) is 4.84. The molecule has 1 atom stereocenters. The summed E-state index contributed by atoms with van der Waals surface area (Å²) in [6, 6.07) is 23.6. The Labute approximate surface area is 174 Å². The molecule has 5 nitrogen and oxygen atoms in total. The zero-order valence-electron chi connectivity index (χ0n) is 16.7. The number of carbonyl (C=O) groups excluding carboxylic acids is 2. The van der Waals surface area contributed by atoms with Crippen molar-refractivity contribution in [3.05, 3.63) is 95.7 Å². The molecule has 0 unspecified atom stereocenters. The highest BCUT2D eigenvalue weighted by atomic mass is 16.5. The van der Waals surface area contributed by atoms with E-state index in [9.17, 15) is 9.59 Å². The summed E-state index contributed by atoms with van der Waals surface area (Å²) in [5, 5.41) is 0.821. The minimum atomic E-state index is -0.922. The number of rotatable bonds is 6. The van der Waals surface area contributed by atoms with Gasteiger partial charge < -0.3 is 14.5 Å². The van der Waals surface area contributed by atoms with Crippen LogP contribution in [0.15, 0.2) is 78.9 Å². The summed E-state index contributed by atoms with van der Waals surface area (Å²) in [5.41, 5.74) is 2.50. The van der Waals surface area contributed by atoms with Gasteiger partial charge in [-0.3, -0.25) is 4.79 Å². The molecule has 30 heavy (non-hydrogen) atoms. The van der Waals surface area contributed by atoms with Gasteiger partial charge in [-0.15, -0.1) is 0 Å². The molecule has 0 aliphatic carbocycles. The third-order valence-corrected chi connectivity index (χ3v) is 4.84. The van der Waals surface area contributed by atoms with E-state index in [0.717, 1.165) is 16.6 Å². The Bertz CT molecular complexity index is 1210. The van der Waals surface area contributed by atoms with E-state index in [1.807, 2.05) is 61.5 Å². The fraction of sp³-hybridized carbons (Fsp3) is 0.120. The molecule has 4 rings (SSSR count). The van der Waals surface area contributed by atoms with Crippen LogP contribution >= 0.6 is 0 Å². The molecular formula is C25H21NO4. The number of hydrogen-bond donors (Lipinski definition) is 1. The van der Waals surface area contributed by atoms with E-state index in [1.54, 1.807) is 31.2 Å². The summed E-state index contributed by atoms with van der Waals surface area (Å²) >= 11 is 0. The Morgan fingerprint density at radius 3 is 2.37 bits per heavy atom. The predicted octanol–water partition coefficient (Wildman–Crippen LogP) is 5.70. The van der Waals surface area contributed by atoms with E-state index in [1.165, 1.54) is 0 Å². The quantitative estimate of drug-likeness (QED) is 0.334. The van der Waals surface area contributed by atoms with Gasteiger partial charge in [0, 0.05) is 22.2 Å². The topological polar surface area (TPSA) is 68.4 Å². The number of nitrogens with one attached hydrogen (secondary N) is 1. The predicted molar refractivity (Wildman–Crippen MR) is 115 cm³/mol. The van der Waals surface area contributed by atoms with Gasteiger partial charge in [-0.25, -0.2) is 4.79 Å². The zero-order valence-corrected chi connectivity index (χ0v) is 16.7. The second-order valence-corrected chi connectivity index (χ2v) is 7.03. The van der Waals surface area contributed by atoms with Crippen molar-refractivity contribution in [1.82, 2.24) is 4.98 Å². The number of Topliss-reactive ketones (excluding diaryl/α,β-unsaturated/α-hetero) is 1. The Morgan fingerprint density at radius 2 is 1.57 bits per heavy atom. The maximum Gasteiger partial charge on any atom is 0.338 e. The number of hydrogen-bond acceptors (Lipinski definition) is 4. The lowest BCUT2D eigenvalue weighted by Gasteiger charge is -2.13. The van der Waals surface area contributed by atoms with E-state index in [-0.39, 0.29) is 5.78 Å². The standard InChI is InChI=1S/C25H21NO4/c1-16-23(21-13-6-7-14-22(21)26-16)24(27)17(2)29-25(28)18-9-8-12-20(15-18)30-19-10-4-3-5-11-19/h3-15,17,26H,1-2H3/t17-/m0/s1. The van der Waals surface area contributed by atoms with Crippen LogP contribution in [-0.4, -0.2) is 22.8 Å². The highest BCUT2D eigenvalue weighted by Gasteiger charge is 2.25. The number of ketones is 1. The molecule has 0 radical (unpaired) electrons. The lowest BCUT2D eigenvalue weighted by atomic mass is 10.0. The van der Waals surface area contributed by atoms with E-state index >= 15 is 0 Å². The van der Waals surface area contributed by atoms with E-state index in [4.69, 9.17) is 9.47 Å². The Hall–Kier alpha value is -3.86. The number of carbonyl (C=O) groups is 2. The molecule has 0 aliphatic heterocycles. The highest BCUT2D eigenvalue weighted by Crippen LogP contribution is 2.25. The van der Waals surface area contributed by atoms with Crippen molar-refractivity contribution in [3.63, 3.8) is 0 Å². The van der Waals surface area contributed by atoms with Gasteiger partial charge in [0.15, 0.2) is 6.10 Å². The van der Waals surface area contributed by atoms with Crippen LogP contribution in [0, 0.1) is 6.92 Å². The average molecular weight is 399 g/mol. The van der Waals surface area contributed by atoms with Crippen LogP contribution in [0.4, 0.5) is 0 Å². The molecule has 4 aromatic rings. The Balaban J connectivity index is 1.50. The number of benzene rings is 3. The largest absolute Gasteiger partial charge is 0.457 e. The van der Waals surface area contributed by atoms with Gasteiger partial charge in [-0.2, -0.15) is 0 Å². The molecule has 5 heteroatoms. The molecule has 0 amide bonds. The second kappa shape index (κ2) is 8.25. The van der Waals surface area contributed by atoms with Crippen molar-refractivity contribution in [2.75, 3.05) is 0 Å². The molecule has 0 saturated carbocycles. The van der Waals surface area contributed by atoms with Crippen molar-refractivity contribution in [1.29, 1.82) is 0 Å². The van der Waals surface area contributed by atoms with Crippen molar-refractivity contribution < 1.29 is 19.1 Å². The fourth-order valence-corrected chi connectivity index (χ4v) is 3.39. The first kappa shape index (κ1) is 19.5. The molecular weight excluding hydrogens is 378 g/mol. The molecule has 1 aromatic heterocycles. The lowest BCUT2D eigenvalue weighted by Crippen LogP contribution is -2.24. The number of aromatic nitrogens is 1. The molecule has 3 aromatic carbocycles. The molecule has 0 bridgehead atoms. The van der Waals surface area contributed by atoms with Crippen LogP contribution in [0.25, 0.3) is 10.9 Å². The van der Waals surface area contributed by atoms with Crippen molar-refractivity contribution in [2.24, 2.45) is 0 Å². The summed E-state index contributed by atoms with van der Waals surface area (Å²) in [7, 11) is 0. The molecule has 0 saturated heterocycles. The smallest absolute Gasteiger partial charge is 0.338 e. The molecule has 150 valence electrons. The van der Waals surface area contributed by atoms with Gasteiger partial charge in [0.1, 0.15) is 11.5 Å². The summed E-state index contributed by atoms with van der Waals surface area (Å²) < 4.78 is 11.2. The van der Waals surface area contributed by atoms with Crippen LogP contribution in [-0.2, 0) is 4.74 Å². The molecule has 0 spiro atoms. The van der Waals surface area contributed by atoms with Crippen LogP contribution in [0.3, 0.4) is 0 Å². The van der Waals surface area contributed by atoms with Gasteiger partial charge in [0.25, 0.3) is 0 Å². The summed E-state index contributed by atoms with van der Waals surface area (Å²) in [4.78, 5) is 28.8. The van der Waals surface area contributed by atoms with Crippen molar-refractivity contribution >= 4 is 22.7 Å². The van der Waals surface area contributed by atoms with Gasteiger partial charge in [-0.1, -0.05) is 42.5 Å². The van der Waals surface area contributed by atoms with Gasteiger partial charge >= 0.3 is 5.97 Å². The normalized spacial score (nSPS) is 11.8. The number of esters is 1. The van der Waals surface area contributed by atoms with Crippen LogP contribution in [0.2, 0.25) is 0 Å². The third kappa shape index (κ3) is 3.96. The van der Waals surface area contributed by atoms with Gasteiger partial charge in [0.05, 0.1) is 5.56 Å². The molecule has 0 aliphatic rings. The van der Waals surface area contributed by atoms with Crippen molar-refractivity contribution in [3.8, 4) is 11.5 Å². The minimum Gasteiger partial charge on any atom is -0.457 e. The summed E-state index contributed by atoms with van der Waals surface area (Å²) in [6.45, 7) is 3.43. The average Bonchev–Trinajstić information content (AvgIpc) is 3.09. The van der Waals surface area contributed by atoms with E-state index < -0.39 is 12.1 Å². The van der Waals surface area contributed by atoms with E-state index in [0.29, 0.717) is 22.6 Å². The first-order valence-electron chi connectivity index (χ1n) is 9.68. The SMILES string of the molecule is Cc1[nH]c2ccccc2c1C(=O)[C@H](C)OC(=O)c1cccc(Oc2ccccc2)c1. The van der Waals surface area contributed by atoms with Crippen LogP contribution in [0.5, 0.6) is 11.5 Å². The van der Waals surface area contributed by atoms with Crippen LogP contribution < -0.4 is 4.74 Å². The lowest BCUT2D eigenvalue weighted by molar-refractivity contribution is 0.0319. The first-order valence-corrected chi connectivity index (χ1v) is 9.68. The summed E-state index contributed by atoms with van der Waals surface area (Å²) in [6.07, 6.45) is -0.922. The Kier molecular flexibility index (Phi) is 5.35. The van der Waals surface area contributed by atoms with Crippen LogP contribution in [0.1, 0.15) is 33.3 Å². The molecule has 1 N–H and O–H groups in total. The maximum absolute atomic E-state index is 13.0. The number of para-hydroxylation sites is 2. The highest BCUT2D eigenvalue weighted by molar-refractivity contribution is 6.11.